The molecule has 0 saturated heterocycles. The van der Waals surface area contributed by atoms with E-state index in [0.29, 0.717) is 0 Å². The highest BCUT2D eigenvalue weighted by molar-refractivity contribution is 5.13. The summed E-state index contributed by atoms with van der Waals surface area (Å²) in [6, 6.07) is 3.40. The van der Waals surface area contributed by atoms with Crippen molar-refractivity contribution in [1.29, 1.82) is 0 Å². The molecule has 1 heterocycles. The van der Waals surface area contributed by atoms with E-state index in [1.165, 1.54) is 0 Å². The van der Waals surface area contributed by atoms with Gasteiger partial charge in [0.25, 0.3) is 0 Å². The Hall–Kier alpha value is -0.930. The predicted octanol–water partition coefficient (Wildman–Crippen LogP) is 1.10. The molecule has 1 aromatic heterocycles. The molecule has 13 heavy (non-hydrogen) atoms. The Bertz CT molecular complexity index is 248. The van der Waals surface area contributed by atoms with E-state index in [-0.39, 0.29) is 12.0 Å². The highest BCUT2D eigenvalue weighted by atomic mass is 16.3. The van der Waals surface area contributed by atoms with Gasteiger partial charge < -0.3 is 10.8 Å². The lowest BCUT2D eigenvalue weighted by atomic mass is 9.95. The molecular weight excluding hydrogens is 164 g/mol. The van der Waals surface area contributed by atoms with Crippen molar-refractivity contribution in [1.82, 2.24) is 4.98 Å². The van der Waals surface area contributed by atoms with Gasteiger partial charge >= 0.3 is 0 Å². The largest absolute Gasteiger partial charge is 0.387 e. The molecule has 3 heteroatoms. The summed E-state index contributed by atoms with van der Waals surface area (Å²) in [5.74, 6) is 0.259. The summed E-state index contributed by atoms with van der Waals surface area (Å²) in [7, 11) is 0. The summed E-state index contributed by atoms with van der Waals surface area (Å²) in [5.41, 5.74) is 6.60. The van der Waals surface area contributed by atoms with Crippen LogP contribution in [0.5, 0.6) is 0 Å². The van der Waals surface area contributed by atoms with Gasteiger partial charge in [-0.15, -0.1) is 0 Å². The van der Waals surface area contributed by atoms with E-state index in [1.807, 2.05) is 19.9 Å². The van der Waals surface area contributed by atoms with Crippen LogP contribution in [0, 0.1) is 5.92 Å². The molecule has 0 fully saturated rings. The number of hydrogen-bond donors (Lipinski definition) is 2. The first-order valence-electron chi connectivity index (χ1n) is 4.46. The van der Waals surface area contributed by atoms with Crippen molar-refractivity contribution in [2.24, 2.45) is 11.7 Å². The van der Waals surface area contributed by atoms with E-state index in [2.05, 4.69) is 4.98 Å². The van der Waals surface area contributed by atoms with Crippen LogP contribution >= 0.6 is 0 Å². The van der Waals surface area contributed by atoms with Crippen molar-refractivity contribution < 1.29 is 5.11 Å². The molecule has 0 aliphatic rings. The summed E-state index contributed by atoms with van der Waals surface area (Å²) in [5, 5.41) is 9.79. The van der Waals surface area contributed by atoms with Gasteiger partial charge in [0.2, 0.25) is 0 Å². The molecule has 0 aromatic carbocycles. The van der Waals surface area contributed by atoms with Crippen LogP contribution in [-0.4, -0.2) is 16.1 Å². The lowest BCUT2D eigenvalue weighted by Gasteiger charge is -2.21. The van der Waals surface area contributed by atoms with Crippen molar-refractivity contribution >= 4 is 0 Å². The number of aromatic nitrogens is 1. The van der Waals surface area contributed by atoms with Crippen molar-refractivity contribution in [3.8, 4) is 0 Å². The smallest absolute Gasteiger partial charge is 0.0958 e. The van der Waals surface area contributed by atoms with Crippen LogP contribution in [0.2, 0.25) is 0 Å². The number of hydrogen-bond acceptors (Lipinski definition) is 3. The second-order valence-corrected chi connectivity index (χ2v) is 3.55. The van der Waals surface area contributed by atoms with Crippen LogP contribution in [0.25, 0.3) is 0 Å². The number of nitrogens with two attached hydrogens (primary N) is 1. The topological polar surface area (TPSA) is 59.1 Å². The zero-order valence-corrected chi connectivity index (χ0v) is 8.01. The van der Waals surface area contributed by atoms with Crippen molar-refractivity contribution in [2.45, 2.75) is 26.0 Å². The van der Waals surface area contributed by atoms with Gasteiger partial charge in [-0.2, -0.15) is 0 Å². The average Bonchev–Trinajstić information content (AvgIpc) is 2.17. The van der Waals surface area contributed by atoms with E-state index in [1.54, 1.807) is 18.5 Å². The standard InChI is InChI=1S/C10H16N2O/c1-7(2)9(11)10(13)8-4-3-5-12-6-8/h3-7,9-10,13H,11H2,1-2H3/t9-,10-/m0/s1. The van der Waals surface area contributed by atoms with Crippen molar-refractivity contribution in [2.75, 3.05) is 0 Å². The molecule has 0 radical (unpaired) electrons. The summed E-state index contributed by atoms with van der Waals surface area (Å²) in [6.45, 7) is 3.98. The monoisotopic (exact) mass is 180 g/mol. The van der Waals surface area contributed by atoms with Crippen LogP contribution in [0.3, 0.4) is 0 Å². The fourth-order valence-corrected chi connectivity index (χ4v) is 1.14. The van der Waals surface area contributed by atoms with Gasteiger partial charge in [-0.05, 0) is 12.0 Å². The molecule has 0 aliphatic heterocycles. The Labute approximate surface area is 78.6 Å². The molecule has 0 aliphatic carbocycles. The zero-order valence-electron chi connectivity index (χ0n) is 8.01. The van der Waals surface area contributed by atoms with E-state index >= 15 is 0 Å². The molecule has 3 N–H and O–H groups in total. The molecule has 1 rings (SSSR count). The van der Waals surface area contributed by atoms with E-state index in [4.69, 9.17) is 5.73 Å². The molecular formula is C10H16N2O. The van der Waals surface area contributed by atoms with Gasteiger partial charge in [0.1, 0.15) is 0 Å². The van der Waals surface area contributed by atoms with E-state index < -0.39 is 6.10 Å². The van der Waals surface area contributed by atoms with Gasteiger partial charge in [0.05, 0.1) is 6.10 Å². The first-order chi connectivity index (χ1) is 6.13. The lowest BCUT2D eigenvalue weighted by Crippen LogP contribution is -2.33. The summed E-state index contributed by atoms with van der Waals surface area (Å²) in [4.78, 5) is 3.93. The van der Waals surface area contributed by atoms with Gasteiger partial charge in [0, 0.05) is 24.0 Å². The Morgan fingerprint density at radius 3 is 2.62 bits per heavy atom. The highest BCUT2D eigenvalue weighted by Gasteiger charge is 2.19. The van der Waals surface area contributed by atoms with Crippen molar-refractivity contribution in [3.05, 3.63) is 30.1 Å². The number of aliphatic hydroxyl groups excluding tert-OH is 1. The fraction of sp³-hybridized carbons (Fsp3) is 0.500. The second-order valence-electron chi connectivity index (χ2n) is 3.55. The second kappa shape index (κ2) is 4.35. The minimum absolute atomic E-state index is 0.232. The minimum Gasteiger partial charge on any atom is -0.387 e. The Balaban J connectivity index is 2.73. The normalized spacial score (nSPS) is 15.8. The third kappa shape index (κ3) is 2.50. The Morgan fingerprint density at radius 1 is 1.46 bits per heavy atom. The fourth-order valence-electron chi connectivity index (χ4n) is 1.14. The summed E-state index contributed by atoms with van der Waals surface area (Å²) >= 11 is 0. The molecule has 0 amide bonds. The maximum Gasteiger partial charge on any atom is 0.0958 e. The first-order valence-corrected chi connectivity index (χ1v) is 4.46. The Kier molecular flexibility index (Phi) is 3.39. The number of rotatable bonds is 3. The number of pyridine rings is 1. The van der Waals surface area contributed by atoms with Crippen molar-refractivity contribution in [3.63, 3.8) is 0 Å². The Morgan fingerprint density at radius 2 is 2.15 bits per heavy atom. The number of nitrogens with zero attached hydrogens (tertiary/aromatic N) is 1. The molecule has 0 saturated carbocycles. The third-order valence-corrected chi connectivity index (χ3v) is 2.16. The molecule has 0 spiro atoms. The van der Waals surface area contributed by atoms with Crippen LogP contribution in [0.15, 0.2) is 24.5 Å². The van der Waals surface area contributed by atoms with Crippen LogP contribution < -0.4 is 5.73 Å². The highest BCUT2D eigenvalue weighted by Crippen LogP contribution is 2.18. The molecule has 3 nitrogen and oxygen atoms in total. The zero-order chi connectivity index (χ0) is 9.84. The summed E-state index contributed by atoms with van der Waals surface area (Å²) < 4.78 is 0. The molecule has 72 valence electrons. The minimum atomic E-state index is -0.617. The quantitative estimate of drug-likeness (QED) is 0.732. The lowest BCUT2D eigenvalue weighted by molar-refractivity contribution is 0.125. The van der Waals surface area contributed by atoms with Gasteiger partial charge in [0.15, 0.2) is 0 Å². The first kappa shape index (κ1) is 10.2. The van der Waals surface area contributed by atoms with Crippen LogP contribution in [0.1, 0.15) is 25.5 Å². The molecule has 1 aromatic rings. The predicted molar refractivity (Wildman–Crippen MR) is 52.0 cm³/mol. The number of aliphatic hydroxyl groups is 1. The summed E-state index contributed by atoms with van der Waals surface area (Å²) in [6.07, 6.45) is 2.71. The third-order valence-electron chi connectivity index (χ3n) is 2.16. The molecule has 0 unspecified atom stereocenters. The van der Waals surface area contributed by atoms with Gasteiger partial charge in [-0.1, -0.05) is 19.9 Å². The van der Waals surface area contributed by atoms with E-state index in [9.17, 15) is 5.11 Å². The average molecular weight is 180 g/mol. The maximum absolute atomic E-state index is 9.79. The molecule has 0 bridgehead atoms. The SMILES string of the molecule is CC(C)[C@H](N)[C@@H](O)c1cccnc1. The van der Waals surface area contributed by atoms with E-state index in [0.717, 1.165) is 5.56 Å². The maximum atomic E-state index is 9.79. The molecule has 2 atom stereocenters. The van der Waals surface area contributed by atoms with Gasteiger partial charge in [-0.3, -0.25) is 4.98 Å². The van der Waals surface area contributed by atoms with Crippen LogP contribution in [-0.2, 0) is 0 Å². The van der Waals surface area contributed by atoms with Gasteiger partial charge in [-0.25, -0.2) is 0 Å². The van der Waals surface area contributed by atoms with Crippen LogP contribution in [0.4, 0.5) is 0 Å².